The van der Waals surface area contributed by atoms with Gasteiger partial charge in [-0.05, 0) is 72.7 Å². The van der Waals surface area contributed by atoms with Crippen molar-refractivity contribution in [1.82, 2.24) is 0 Å². The smallest absolute Gasteiger partial charge is 0.0717 e. The van der Waals surface area contributed by atoms with Crippen LogP contribution < -0.4 is 5.73 Å². The van der Waals surface area contributed by atoms with Crippen LogP contribution in [0.4, 0.5) is 0 Å². The van der Waals surface area contributed by atoms with Gasteiger partial charge in [0.1, 0.15) is 0 Å². The molecule has 1 aliphatic carbocycles. The lowest BCUT2D eigenvalue weighted by Gasteiger charge is -2.26. The summed E-state index contributed by atoms with van der Waals surface area (Å²) in [5, 5.41) is 8.99. The Bertz CT molecular complexity index is 686. The number of aliphatic hydroxyl groups excluding tert-OH is 1. The summed E-state index contributed by atoms with van der Waals surface area (Å²) in [6, 6.07) is 17.4. The molecule has 3 rings (SSSR count). The van der Waals surface area contributed by atoms with E-state index in [1.807, 2.05) is 6.07 Å². The van der Waals surface area contributed by atoms with Crippen molar-refractivity contribution < 1.29 is 9.84 Å². The second-order valence-electron chi connectivity index (χ2n) is 7.79. The van der Waals surface area contributed by atoms with E-state index < -0.39 is 0 Å². The number of ether oxygens (including phenoxy) is 1. The molecule has 0 aliphatic heterocycles. The molecule has 0 bridgehead atoms. The van der Waals surface area contributed by atoms with Crippen LogP contribution in [0.1, 0.15) is 53.9 Å². The zero-order chi connectivity index (χ0) is 18.9. The first-order valence-electron chi connectivity index (χ1n) is 10.3. The van der Waals surface area contributed by atoms with E-state index in [1.54, 1.807) is 0 Å². The number of fused-ring (bicyclic) bond motifs is 1. The van der Waals surface area contributed by atoms with E-state index >= 15 is 0 Å². The zero-order valence-corrected chi connectivity index (χ0v) is 16.3. The van der Waals surface area contributed by atoms with Crippen LogP contribution in [0.5, 0.6) is 0 Å². The van der Waals surface area contributed by atoms with Crippen LogP contribution in [0.3, 0.4) is 0 Å². The fourth-order valence-corrected chi connectivity index (χ4v) is 4.09. The fraction of sp³-hybridized carbons (Fsp3) is 0.500. The average molecular weight is 368 g/mol. The van der Waals surface area contributed by atoms with Crippen molar-refractivity contribution in [3.8, 4) is 0 Å². The van der Waals surface area contributed by atoms with Crippen molar-refractivity contribution in [2.75, 3.05) is 19.8 Å². The van der Waals surface area contributed by atoms with Crippen molar-refractivity contribution in [1.29, 1.82) is 0 Å². The summed E-state index contributed by atoms with van der Waals surface area (Å²) in [6.45, 7) is 2.49. The summed E-state index contributed by atoms with van der Waals surface area (Å²) >= 11 is 0. The van der Waals surface area contributed by atoms with Gasteiger partial charge in [-0.15, -0.1) is 0 Å². The van der Waals surface area contributed by atoms with E-state index in [9.17, 15) is 0 Å². The van der Waals surface area contributed by atoms with Crippen molar-refractivity contribution in [3.63, 3.8) is 0 Å². The molecule has 0 unspecified atom stereocenters. The van der Waals surface area contributed by atoms with Gasteiger partial charge in [0.2, 0.25) is 0 Å². The maximum atomic E-state index is 8.99. The first kappa shape index (κ1) is 20.1. The predicted octanol–water partition coefficient (Wildman–Crippen LogP) is 4.21. The molecule has 0 saturated heterocycles. The van der Waals surface area contributed by atoms with E-state index in [0.29, 0.717) is 25.0 Å². The highest BCUT2D eigenvalue weighted by Crippen LogP contribution is 2.30. The van der Waals surface area contributed by atoms with Crippen molar-refractivity contribution >= 4 is 0 Å². The number of nitrogens with two attached hydrogens (primary N) is 1. The molecule has 2 aromatic carbocycles. The first-order valence-corrected chi connectivity index (χ1v) is 10.3. The van der Waals surface area contributed by atoms with Gasteiger partial charge in [-0.3, -0.25) is 0 Å². The molecule has 0 radical (unpaired) electrons. The first-order chi connectivity index (χ1) is 13.3. The van der Waals surface area contributed by atoms with Gasteiger partial charge >= 0.3 is 0 Å². The van der Waals surface area contributed by atoms with E-state index in [1.165, 1.54) is 28.7 Å². The Morgan fingerprint density at radius 2 is 1.93 bits per heavy atom. The molecule has 0 heterocycles. The van der Waals surface area contributed by atoms with Crippen molar-refractivity contribution in [2.45, 2.75) is 51.0 Å². The second kappa shape index (κ2) is 10.6. The van der Waals surface area contributed by atoms with Gasteiger partial charge in [-0.1, -0.05) is 55.0 Å². The highest BCUT2D eigenvalue weighted by molar-refractivity contribution is 5.36. The molecule has 3 nitrogen and oxygen atoms in total. The molecular formula is C24H33NO2. The van der Waals surface area contributed by atoms with E-state index in [0.717, 1.165) is 38.7 Å². The monoisotopic (exact) mass is 367 g/mol. The molecule has 2 atom stereocenters. The molecular weight excluding hydrogens is 334 g/mol. The number of hydrogen-bond donors (Lipinski definition) is 2. The molecule has 3 N–H and O–H groups in total. The Balaban J connectivity index is 1.52. The molecule has 3 heteroatoms. The summed E-state index contributed by atoms with van der Waals surface area (Å²) < 4.78 is 5.97. The number of hydrogen-bond acceptors (Lipinski definition) is 3. The van der Waals surface area contributed by atoms with Gasteiger partial charge in [0.15, 0.2) is 0 Å². The van der Waals surface area contributed by atoms with Crippen LogP contribution in [0.25, 0.3) is 0 Å². The summed E-state index contributed by atoms with van der Waals surface area (Å²) in [5.74, 6) is 1.02. The minimum atomic E-state index is 0.273. The average Bonchev–Trinajstić information content (AvgIpc) is 2.72. The lowest BCUT2D eigenvalue weighted by molar-refractivity contribution is 0.0823. The Morgan fingerprint density at radius 3 is 2.70 bits per heavy atom. The van der Waals surface area contributed by atoms with E-state index in [2.05, 4.69) is 42.5 Å². The van der Waals surface area contributed by atoms with Gasteiger partial charge in [-0.25, -0.2) is 0 Å². The maximum Gasteiger partial charge on any atom is 0.0717 e. The summed E-state index contributed by atoms with van der Waals surface area (Å²) in [5.41, 5.74) is 11.6. The number of aryl methyl sites for hydroxylation is 1. The number of rotatable bonds is 10. The standard InChI is InChI=1S/C24H33NO2/c25-16-24(8-4-5-13-26)23-12-11-21-14-20(9-10-22(21)15-23)18-27-17-19-6-2-1-3-7-19/h1-3,6-7,11-12,15,20,24,26H,4-5,8-10,13-14,16-18,25H2/t20-,24-/m0/s1. The maximum absolute atomic E-state index is 8.99. The molecule has 0 fully saturated rings. The van der Waals surface area contributed by atoms with Gasteiger partial charge in [0.05, 0.1) is 13.2 Å². The third-order valence-corrected chi connectivity index (χ3v) is 5.74. The Morgan fingerprint density at radius 1 is 1.07 bits per heavy atom. The van der Waals surface area contributed by atoms with Crippen LogP contribution in [0, 0.1) is 5.92 Å². The molecule has 0 saturated carbocycles. The summed E-state index contributed by atoms with van der Waals surface area (Å²) in [4.78, 5) is 0. The number of benzene rings is 2. The quantitative estimate of drug-likeness (QED) is 0.619. The number of aliphatic hydroxyl groups is 1. The van der Waals surface area contributed by atoms with Crippen molar-refractivity contribution in [3.05, 3.63) is 70.8 Å². The van der Waals surface area contributed by atoms with Gasteiger partial charge < -0.3 is 15.6 Å². The predicted molar refractivity (Wildman–Crippen MR) is 111 cm³/mol. The Hall–Kier alpha value is -1.68. The topological polar surface area (TPSA) is 55.5 Å². The van der Waals surface area contributed by atoms with Crippen LogP contribution >= 0.6 is 0 Å². The zero-order valence-electron chi connectivity index (χ0n) is 16.3. The molecule has 2 aromatic rings. The normalized spacial score (nSPS) is 17.5. The highest BCUT2D eigenvalue weighted by atomic mass is 16.5. The van der Waals surface area contributed by atoms with E-state index in [-0.39, 0.29) is 6.61 Å². The largest absolute Gasteiger partial charge is 0.396 e. The minimum absolute atomic E-state index is 0.273. The van der Waals surface area contributed by atoms with Gasteiger partial charge in [0.25, 0.3) is 0 Å². The number of unbranched alkanes of at least 4 members (excludes halogenated alkanes) is 1. The molecule has 0 spiro atoms. The summed E-state index contributed by atoms with van der Waals surface area (Å²) in [6.07, 6.45) is 6.41. The minimum Gasteiger partial charge on any atom is -0.396 e. The fourth-order valence-electron chi connectivity index (χ4n) is 4.09. The molecule has 27 heavy (non-hydrogen) atoms. The third-order valence-electron chi connectivity index (χ3n) is 5.74. The van der Waals surface area contributed by atoms with Crippen LogP contribution in [-0.4, -0.2) is 24.9 Å². The lowest BCUT2D eigenvalue weighted by atomic mass is 9.81. The molecule has 146 valence electrons. The molecule has 1 aliphatic rings. The van der Waals surface area contributed by atoms with Crippen LogP contribution in [0.2, 0.25) is 0 Å². The highest BCUT2D eigenvalue weighted by Gasteiger charge is 2.20. The Labute approximate surface area is 163 Å². The van der Waals surface area contributed by atoms with Gasteiger partial charge in [0, 0.05) is 6.61 Å². The third kappa shape index (κ3) is 5.90. The van der Waals surface area contributed by atoms with Crippen molar-refractivity contribution in [2.24, 2.45) is 11.7 Å². The Kier molecular flexibility index (Phi) is 7.88. The van der Waals surface area contributed by atoms with Gasteiger partial charge in [-0.2, -0.15) is 0 Å². The van der Waals surface area contributed by atoms with Crippen LogP contribution in [0.15, 0.2) is 48.5 Å². The van der Waals surface area contributed by atoms with E-state index in [4.69, 9.17) is 15.6 Å². The molecule has 0 aromatic heterocycles. The second-order valence-corrected chi connectivity index (χ2v) is 7.79. The van der Waals surface area contributed by atoms with Crippen LogP contribution in [-0.2, 0) is 24.2 Å². The SMILES string of the molecule is NC[C@H](CCCCO)c1ccc2c(c1)CC[C@H](COCc1ccccc1)C2. The molecule has 0 amide bonds. The lowest BCUT2D eigenvalue weighted by Crippen LogP contribution is -2.20. The summed E-state index contributed by atoms with van der Waals surface area (Å²) in [7, 11) is 0.